The highest BCUT2D eigenvalue weighted by atomic mass is 16.1. The maximum atomic E-state index is 11.3. The monoisotopic (exact) mass is 404 g/mol. The molecule has 1 saturated carbocycles. The number of fused-ring (bicyclic) bond motifs is 3. The minimum Gasteiger partial charge on any atom is -0.366 e. The van der Waals surface area contributed by atoms with E-state index in [1.807, 2.05) is 36.2 Å². The Morgan fingerprint density at radius 2 is 1.77 bits per heavy atom. The van der Waals surface area contributed by atoms with Crippen molar-refractivity contribution in [3.05, 3.63) is 36.3 Å². The molecular formula is C23H28N6O. The zero-order valence-corrected chi connectivity index (χ0v) is 17.6. The number of aromatic amines is 1. The number of nitrogens with one attached hydrogen (secondary N) is 1. The third-order valence-corrected chi connectivity index (χ3v) is 6.41. The predicted octanol–water partition coefficient (Wildman–Crippen LogP) is 3.55. The number of H-pyrrole nitrogens is 1. The summed E-state index contributed by atoms with van der Waals surface area (Å²) in [5.41, 5.74) is 4.75. The quantitative estimate of drug-likeness (QED) is 0.676. The van der Waals surface area contributed by atoms with Gasteiger partial charge in [-0.1, -0.05) is 19.8 Å². The number of rotatable bonds is 3. The molecule has 30 heavy (non-hydrogen) atoms. The van der Waals surface area contributed by atoms with Crippen molar-refractivity contribution in [2.75, 3.05) is 18.0 Å². The zero-order chi connectivity index (χ0) is 20.7. The lowest BCUT2D eigenvalue weighted by Crippen LogP contribution is -2.53. The van der Waals surface area contributed by atoms with E-state index in [1.54, 1.807) is 6.20 Å². The second-order valence-corrected chi connectivity index (χ2v) is 8.83. The van der Waals surface area contributed by atoms with Crippen LogP contribution in [-0.2, 0) is 4.79 Å². The molecule has 0 spiro atoms. The van der Waals surface area contributed by atoms with Crippen molar-refractivity contribution < 1.29 is 4.79 Å². The molecule has 7 heteroatoms. The number of carbonyl (C=O) groups is 1. The summed E-state index contributed by atoms with van der Waals surface area (Å²) in [5.74, 6) is 1.89. The third kappa shape index (κ3) is 3.64. The second-order valence-electron chi connectivity index (χ2n) is 8.83. The number of anilines is 1. The number of nitrogens with zero attached hydrogens (tertiary/aromatic N) is 5. The number of aryl methyl sites for hydroxylation is 1. The molecule has 3 aliphatic rings. The van der Waals surface area contributed by atoms with Crippen LogP contribution >= 0.6 is 0 Å². The molecule has 2 aliphatic heterocycles. The Bertz CT molecular complexity index is 1040. The van der Waals surface area contributed by atoms with E-state index in [9.17, 15) is 4.79 Å². The fourth-order valence-corrected chi connectivity index (χ4v) is 4.46. The van der Waals surface area contributed by atoms with E-state index in [-0.39, 0.29) is 0 Å². The summed E-state index contributed by atoms with van der Waals surface area (Å²) in [4.78, 5) is 32.5. The van der Waals surface area contributed by atoms with Gasteiger partial charge in [-0.25, -0.2) is 9.97 Å². The Morgan fingerprint density at radius 3 is 2.40 bits per heavy atom. The third-order valence-electron chi connectivity index (χ3n) is 6.41. The van der Waals surface area contributed by atoms with E-state index in [1.165, 1.54) is 12.8 Å². The second kappa shape index (κ2) is 7.70. The number of hydrogen-bond acceptors (Lipinski definition) is 5. The largest absolute Gasteiger partial charge is 0.366 e. The molecule has 6 rings (SSSR count). The van der Waals surface area contributed by atoms with Crippen LogP contribution in [0.25, 0.3) is 22.6 Å². The van der Waals surface area contributed by atoms with Crippen molar-refractivity contribution in [1.29, 1.82) is 0 Å². The molecule has 7 nitrogen and oxygen atoms in total. The number of aromatic nitrogens is 4. The van der Waals surface area contributed by atoms with Gasteiger partial charge >= 0.3 is 0 Å². The average Bonchev–Trinajstić information content (AvgIpc) is 3.33. The van der Waals surface area contributed by atoms with Gasteiger partial charge in [-0.3, -0.25) is 9.78 Å². The molecule has 1 amide bonds. The van der Waals surface area contributed by atoms with Crippen LogP contribution in [0.15, 0.2) is 30.6 Å². The SMILES string of the molecule is CC1CC1.Cc1cc(-c2nc3nccc(N4CC5CCC(C4)N5C=O)c3[nH]2)ccn1. The molecule has 2 bridgehead atoms. The van der Waals surface area contributed by atoms with Crippen LogP contribution in [0.3, 0.4) is 0 Å². The lowest BCUT2D eigenvalue weighted by molar-refractivity contribution is -0.121. The summed E-state index contributed by atoms with van der Waals surface area (Å²) in [7, 11) is 0. The zero-order valence-electron chi connectivity index (χ0n) is 17.6. The van der Waals surface area contributed by atoms with Gasteiger partial charge in [0.15, 0.2) is 5.65 Å². The molecule has 2 atom stereocenters. The Morgan fingerprint density at radius 1 is 1.07 bits per heavy atom. The predicted molar refractivity (Wildman–Crippen MR) is 117 cm³/mol. The summed E-state index contributed by atoms with van der Waals surface area (Å²) in [6, 6.07) is 6.62. The first-order valence-corrected chi connectivity index (χ1v) is 10.9. The lowest BCUT2D eigenvalue weighted by atomic mass is 10.2. The van der Waals surface area contributed by atoms with E-state index in [0.717, 1.165) is 72.2 Å². The summed E-state index contributed by atoms with van der Waals surface area (Å²) < 4.78 is 0. The lowest BCUT2D eigenvalue weighted by Gasteiger charge is -2.40. The van der Waals surface area contributed by atoms with E-state index in [0.29, 0.717) is 12.1 Å². The molecule has 0 aromatic carbocycles. The summed E-state index contributed by atoms with van der Waals surface area (Å²) in [6.45, 7) is 5.96. The first kappa shape index (κ1) is 19.0. The highest BCUT2D eigenvalue weighted by Gasteiger charge is 2.39. The van der Waals surface area contributed by atoms with Crippen molar-refractivity contribution >= 4 is 23.3 Å². The normalized spacial score (nSPS) is 22.7. The number of pyridine rings is 2. The maximum absolute atomic E-state index is 11.3. The topological polar surface area (TPSA) is 78.0 Å². The van der Waals surface area contributed by atoms with Crippen LogP contribution in [0, 0.1) is 12.8 Å². The number of piperazine rings is 1. The van der Waals surface area contributed by atoms with Crippen molar-refractivity contribution in [3.63, 3.8) is 0 Å². The Kier molecular flexibility index (Phi) is 4.89. The molecule has 3 aromatic rings. The first-order chi connectivity index (χ1) is 14.6. The van der Waals surface area contributed by atoms with Gasteiger partial charge in [0.05, 0.1) is 5.69 Å². The van der Waals surface area contributed by atoms with Crippen molar-refractivity contribution in [3.8, 4) is 11.4 Å². The molecule has 0 radical (unpaired) electrons. The molecular weight excluding hydrogens is 376 g/mol. The van der Waals surface area contributed by atoms with E-state index in [2.05, 4.69) is 31.8 Å². The van der Waals surface area contributed by atoms with Crippen molar-refractivity contribution in [2.24, 2.45) is 5.92 Å². The summed E-state index contributed by atoms with van der Waals surface area (Å²) >= 11 is 0. The van der Waals surface area contributed by atoms with Crippen molar-refractivity contribution in [2.45, 2.75) is 51.6 Å². The fourth-order valence-electron chi connectivity index (χ4n) is 4.46. The minimum absolute atomic E-state index is 0.305. The van der Waals surface area contributed by atoms with Gasteiger partial charge < -0.3 is 14.8 Å². The molecule has 5 heterocycles. The van der Waals surface area contributed by atoms with E-state index in [4.69, 9.17) is 0 Å². The van der Waals surface area contributed by atoms with E-state index >= 15 is 0 Å². The Hall–Kier alpha value is -2.96. The van der Waals surface area contributed by atoms with Crippen LogP contribution in [-0.4, -0.2) is 56.4 Å². The van der Waals surface area contributed by atoms with Gasteiger partial charge in [-0.15, -0.1) is 0 Å². The maximum Gasteiger partial charge on any atom is 0.210 e. The van der Waals surface area contributed by atoms with Gasteiger partial charge in [0, 0.05) is 48.8 Å². The highest BCUT2D eigenvalue weighted by Crippen LogP contribution is 2.34. The molecule has 2 saturated heterocycles. The van der Waals surface area contributed by atoms with Crippen LogP contribution < -0.4 is 4.90 Å². The number of amides is 1. The number of carbonyl (C=O) groups excluding carboxylic acids is 1. The molecule has 3 aromatic heterocycles. The summed E-state index contributed by atoms with van der Waals surface area (Å²) in [5, 5.41) is 0. The first-order valence-electron chi connectivity index (χ1n) is 10.9. The van der Waals surface area contributed by atoms with Gasteiger partial charge in [0.25, 0.3) is 0 Å². The number of imidazole rings is 1. The van der Waals surface area contributed by atoms with Gasteiger partial charge in [0.2, 0.25) is 6.41 Å². The molecule has 1 aliphatic carbocycles. The minimum atomic E-state index is 0.305. The standard InChI is InChI=1S/C19H20N6O.C4H8/c1-12-8-13(4-6-20-12)18-22-17-16(5-7-21-19(17)23-18)24-9-14-2-3-15(10-24)25(14)11-26;1-4-2-3-4/h4-8,11,14-15H,2-3,9-10H2,1H3,(H,21,22,23);4H,2-3H2,1H3. The molecule has 1 N–H and O–H groups in total. The van der Waals surface area contributed by atoms with Crippen LogP contribution in [0.1, 0.15) is 38.3 Å². The molecule has 156 valence electrons. The fraction of sp³-hybridized carbons (Fsp3) is 0.478. The van der Waals surface area contributed by atoms with Crippen LogP contribution in [0.5, 0.6) is 0 Å². The molecule has 3 fully saturated rings. The summed E-state index contributed by atoms with van der Waals surface area (Å²) in [6.07, 6.45) is 9.76. The molecule has 2 unspecified atom stereocenters. The van der Waals surface area contributed by atoms with E-state index < -0.39 is 0 Å². The average molecular weight is 405 g/mol. The Balaban J connectivity index is 0.000000434. The number of hydrogen-bond donors (Lipinski definition) is 1. The van der Waals surface area contributed by atoms with Crippen LogP contribution in [0.4, 0.5) is 5.69 Å². The Labute approximate surface area is 176 Å². The van der Waals surface area contributed by atoms with Crippen molar-refractivity contribution in [1.82, 2.24) is 24.8 Å². The smallest absolute Gasteiger partial charge is 0.210 e. The highest BCUT2D eigenvalue weighted by molar-refractivity contribution is 5.88. The van der Waals surface area contributed by atoms with Crippen LogP contribution in [0.2, 0.25) is 0 Å². The van der Waals surface area contributed by atoms with Gasteiger partial charge in [-0.05, 0) is 43.9 Å². The van der Waals surface area contributed by atoms with Gasteiger partial charge in [0.1, 0.15) is 11.3 Å². The van der Waals surface area contributed by atoms with Gasteiger partial charge in [-0.2, -0.15) is 0 Å².